The monoisotopic (exact) mass is 785 g/mol. The van der Waals surface area contributed by atoms with Gasteiger partial charge in [0.15, 0.2) is 0 Å². The number of anilines is 3. The molecule has 0 N–H and O–H groups in total. The minimum absolute atomic E-state index is 0.373. The van der Waals surface area contributed by atoms with Crippen LogP contribution in [-0.4, -0.2) is 0 Å². The number of rotatable bonds is 6. The Hall–Kier alpha value is -6.44. The number of nitrogens with zero attached hydrogens (tertiary/aromatic N) is 1. The Balaban J connectivity index is 1.21. The maximum Gasteiger partial charge on any atom is 0.0726 e. The van der Waals surface area contributed by atoms with Crippen molar-refractivity contribution in [2.45, 2.75) is 76.5 Å². The van der Waals surface area contributed by atoms with Crippen molar-refractivity contribution in [1.29, 1.82) is 0 Å². The molecule has 8 aromatic carbocycles. The number of hydrogen-bond acceptors (Lipinski definition) is 1. The highest BCUT2D eigenvalue weighted by molar-refractivity contribution is 6.01. The summed E-state index contributed by atoms with van der Waals surface area (Å²) in [6.45, 7) is 4.78. The van der Waals surface area contributed by atoms with Gasteiger partial charge in [-0.15, -0.1) is 0 Å². The normalized spacial score (nSPS) is 15.1. The second-order valence-corrected chi connectivity index (χ2v) is 18.2. The van der Waals surface area contributed by atoms with Gasteiger partial charge in [-0.2, -0.15) is 0 Å². The lowest BCUT2D eigenvalue weighted by atomic mass is 9.70. The number of fused-ring (bicyclic) bond motifs is 12. The first-order chi connectivity index (χ1) is 30.1. The Morgan fingerprint density at radius 1 is 0.410 bits per heavy atom. The van der Waals surface area contributed by atoms with Crippen LogP contribution in [0, 0.1) is 0 Å². The van der Waals surface area contributed by atoms with Crippen LogP contribution in [0.3, 0.4) is 0 Å². The molecular weight excluding hydrogens is 735 g/mol. The van der Waals surface area contributed by atoms with E-state index in [9.17, 15) is 0 Å². The lowest BCUT2D eigenvalue weighted by Crippen LogP contribution is -2.26. The first-order valence-electron chi connectivity index (χ1n) is 22.8. The van der Waals surface area contributed by atoms with Gasteiger partial charge in [0.25, 0.3) is 0 Å². The summed E-state index contributed by atoms with van der Waals surface area (Å²) >= 11 is 0. The maximum absolute atomic E-state index is 2.65. The fourth-order valence-corrected chi connectivity index (χ4v) is 11.9. The molecule has 1 heteroatoms. The molecule has 0 saturated heterocycles. The molecular formula is C60H51N. The second kappa shape index (κ2) is 14.3. The Labute approximate surface area is 361 Å². The maximum atomic E-state index is 2.65. The Morgan fingerprint density at radius 3 is 1.62 bits per heavy atom. The summed E-state index contributed by atoms with van der Waals surface area (Å²) in [7, 11) is 0. The molecule has 0 unspecified atom stereocenters. The second-order valence-electron chi connectivity index (χ2n) is 18.2. The Bertz CT molecular complexity index is 2960. The summed E-state index contributed by atoms with van der Waals surface area (Å²) in [5, 5.41) is 0. The molecule has 0 fully saturated rings. The van der Waals surface area contributed by atoms with Gasteiger partial charge in [0, 0.05) is 16.9 Å². The fraction of sp³-hybridized carbons (Fsp3) is 0.200. The van der Waals surface area contributed by atoms with Crippen LogP contribution in [0.2, 0.25) is 0 Å². The molecule has 4 aliphatic carbocycles. The van der Waals surface area contributed by atoms with E-state index in [1.165, 1.54) is 138 Å². The van der Waals surface area contributed by atoms with Crippen molar-refractivity contribution in [2.75, 3.05) is 4.90 Å². The zero-order valence-electron chi connectivity index (χ0n) is 35.3. The summed E-state index contributed by atoms with van der Waals surface area (Å²) in [4.78, 5) is 2.63. The molecule has 0 heterocycles. The lowest BCUT2D eigenvalue weighted by molar-refractivity contribution is 0.684. The topological polar surface area (TPSA) is 3.24 Å². The van der Waals surface area contributed by atoms with Gasteiger partial charge in [-0.05, 0) is 183 Å². The Kier molecular flexibility index (Phi) is 8.56. The molecule has 0 saturated carbocycles. The summed E-state index contributed by atoms with van der Waals surface area (Å²) < 4.78 is 0. The Morgan fingerprint density at radius 2 is 0.951 bits per heavy atom. The van der Waals surface area contributed by atoms with E-state index in [4.69, 9.17) is 0 Å². The molecule has 0 aliphatic heterocycles. The van der Waals surface area contributed by atoms with Crippen molar-refractivity contribution in [2.24, 2.45) is 0 Å². The molecule has 0 radical (unpaired) electrons. The van der Waals surface area contributed by atoms with Crippen LogP contribution in [0.15, 0.2) is 170 Å². The van der Waals surface area contributed by atoms with Gasteiger partial charge in [-0.3, -0.25) is 0 Å². The molecule has 0 bridgehead atoms. The summed E-state index contributed by atoms with van der Waals surface area (Å²) in [6.07, 6.45) is 9.58. The molecule has 0 atom stereocenters. The molecule has 4 aliphatic rings. The first kappa shape index (κ1) is 36.4. The van der Waals surface area contributed by atoms with E-state index in [2.05, 4.69) is 189 Å². The third-order valence-corrected chi connectivity index (χ3v) is 14.6. The summed E-state index contributed by atoms with van der Waals surface area (Å²) in [5.41, 5.74) is 27.0. The van der Waals surface area contributed by atoms with Crippen LogP contribution >= 0.6 is 0 Å². The van der Waals surface area contributed by atoms with Crippen LogP contribution in [0.1, 0.15) is 95.5 Å². The average Bonchev–Trinajstić information content (AvgIpc) is 3.78. The predicted molar refractivity (Wildman–Crippen MR) is 256 cm³/mol. The first-order valence-corrected chi connectivity index (χ1v) is 22.8. The third kappa shape index (κ3) is 5.52. The average molecular weight is 786 g/mol. The smallest absolute Gasteiger partial charge is 0.0726 e. The quantitative estimate of drug-likeness (QED) is 0.162. The number of aryl methyl sites for hydroxylation is 3. The number of benzene rings is 8. The van der Waals surface area contributed by atoms with Gasteiger partial charge < -0.3 is 4.90 Å². The molecule has 1 nitrogen and oxygen atoms in total. The highest BCUT2D eigenvalue weighted by Gasteiger charge is 2.52. The van der Waals surface area contributed by atoms with E-state index in [-0.39, 0.29) is 0 Å². The predicted octanol–water partition coefficient (Wildman–Crippen LogP) is 15.7. The minimum atomic E-state index is -0.442. The van der Waals surface area contributed by atoms with Gasteiger partial charge >= 0.3 is 0 Å². The third-order valence-electron chi connectivity index (χ3n) is 14.6. The van der Waals surface area contributed by atoms with E-state index in [1.54, 1.807) is 5.56 Å². The van der Waals surface area contributed by atoms with Gasteiger partial charge in [-0.25, -0.2) is 0 Å². The van der Waals surface area contributed by atoms with E-state index in [0.29, 0.717) is 5.92 Å². The molecule has 8 aromatic rings. The van der Waals surface area contributed by atoms with E-state index in [0.717, 1.165) is 19.3 Å². The summed E-state index contributed by atoms with van der Waals surface area (Å²) in [6, 6.07) is 65.6. The van der Waals surface area contributed by atoms with E-state index < -0.39 is 5.41 Å². The lowest BCUT2D eigenvalue weighted by Gasteiger charge is -2.35. The van der Waals surface area contributed by atoms with Crippen molar-refractivity contribution >= 4 is 17.1 Å². The molecule has 1 spiro atoms. The van der Waals surface area contributed by atoms with Crippen LogP contribution in [0.4, 0.5) is 17.1 Å². The van der Waals surface area contributed by atoms with Crippen molar-refractivity contribution in [3.8, 4) is 44.5 Å². The molecule has 296 valence electrons. The number of hydrogen-bond donors (Lipinski definition) is 0. The van der Waals surface area contributed by atoms with Gasteiger partial charge in [0.05, 0.1) is 11.1 Å². The van der Waals surface area contributed by atoms with Crippen molar-refractivity contribution in [1.82, 2.24) is 0 Å². The van der Waals surface area contributed by atoms with Crippen LogP contribution in [0.25, 0.3) is 44.5 Å². The standard InChI is InChI=1S/C60H51N/c1-39(2)47-35-31-43-19-8-9-21-48(43)59(47)53-37-52-51-24-12-15-27-56(51)60(54-25-13-10-22-49(54)50-23-11-14-26-55(50)60)57(52)38-58(53)61(46-34-30-41-18-6-7-20-44(41)36-46)45-32-28-42(29-33-45)40-16-4-3-5-17-40/h3-5,10-17,22-39H,6-9,18-21H2,1-2H3. The molecule has 61 heavy (non-hydrogen) atoms. The SMILES string of the molecule is CC(C)c1ccc2c(c1-c1cc3c(cc1N(c1ccc(-c4ccccc4)cc1)c1ccc4c(c1)CCCC4)C1(c4ccccc4-c4ccccc41)c1ccccc1-3)CCCC2. The zero-order chi connectivity index (χ0) is 40.7. The highest BCUT2D eigenvalue weighted by Crippen LogP contribution is 2.64. The highest BCUT2D eigenvalue weighted by atomic mass is 15.1. The fourth-order valence-electron chi connectivity index (χ4n) is 11.9. The van der Waals surface area contributed by atoms with Crippen molar-refractivity contribution < 1.29 is 0 Å². The van der Waals surface area contributed by atoms with Crippen molar-refractivity contribution in [3.05, 3.63) is 220 Å². The minimum Gasteiger partial charge on any atom is -0.310 e. The zero-order valence-corrected chi connectivity index (χ0v) is 35.3. The molecule has 0 amide bonds. The van der Waals surface area contributed by atoms with Crippen molar-refractivity contribution in [3.63, 3.8) is 0 Å². The largest absolute Gasteiger partial charge is 0.310 e. The summed E-state index contributed by atoms with van der Waals surface area (Å²) in [5.74, 6) is 0.373. The molecule has 12 rings (SSSR count). The van der Waals surface area contributed by atoms with Crippen LogP contribution < -0.4 is 4.90 Å². The van der Waals surface area contributed by atoms with Crippen LogP contribution in [-0.2, 0) is 31.1 Å². The van der Waals surface area contributed by atoms with E-state index >= 15 is 0 Å². The van der Waals surface area contributed by atoms with Gasteiger partial charge in [-0.1, -0.05) is 147 Å². The van der Waals surface area contributed by atoms with Gasteiger partial charge in [0.1, 0.15) is 0 Å². The molecule has 0 aromatic heterocycles. The van der Waals surface area contributed by atoms with Crippen LogP contribution in [0.5, 0.6) is 0 Å². The van der Waals surface area contributed by atoms with Gasteiger partial charge in [0.2, 0.25) is 0 Å². The van der Waals surface area contributed by atoms with E-state index in [1.807, 2.05) is 0 Å².